The molecule has 0 aliphatic rings. The number of H-pyrrole nitrogens is 1. The lowest BCUT2D eigenvalue weighted by molar-refractivity contribution is 0.0525. The second kappa shape index (κ2) is 7.83. The third kappa shape index (κ3) is 4.07. The minimum absolute atomic E-state index is 0.0588. The molecule has 1 rings (SSSR count). The number of ether oxygens (including phenoxy) is 2. The van der Waals surface area contributed by atoms with Crippen LogP contribution in [0.15, 0.2) is 0 Å². The molecule has 1 aromatic rings. The van der Waals surface area contributed by atoms with E-state index in [1.54, 1.807) is 27.9 Å². The monoisotopic (exact) mass is 296 g/mol. The smallest absolute Gasteiger partial charge is 0.340 e. The Balaban J connectivity index is 2.96. The summed E-state index contributed by atoms with van der Waals surface area (Å²) >= 11 is 0. The molecule has 0 aromatic carbocycles. The third-order valence-electron chi connectivity index (χ3n) is 3.34. The van der Waals surface area contributed by atoms with E-state index in [1.165, 1.54) is 0 Å². The molecule has 0 unspecified atom stereocenters. The second-order valence-electron chi connectivity index (χ2n) is 4.88. The molecule has 1 amide bonds. The fourth-order valence-corrected chi connectivity index (χ4v) is 2.21. The highest BCUT2D eigenvalue weighted by molar-refractivity contribution is 6.00. The van der Waals surface area contributed by atoms with Gasteiger partial charge in [-0.1, -0.05) is 6.92 Å². The maximum Gasteiger partial charge on any atom is 0.340 e. The molecule has 0 spiro atoms. The highest BCUT2D eigenvalue weighted by Crippen LogP contribution is 2.19. The molecule has 6 nitrogen and oxygen atoms in total. The summed E-state index contributed by atoms with van der Waals surface area (Å²) in [6.45, 7) is 7.96. The van der Waals surface area contributed by atoms with Gasteiger partial charge in [-0.3, -0.25) is 4.79 Å². The molecule has 0 aliphatic heterocycles. The van der Waals surface area contributed by atoms with Crippen molar-refractivity contribution < 1.29 is 19.1 Å². The zero-order valence-electron chi connectivity index (χ0n) is 13.3. The highest BCUT2D eigenvalue weighted by Gasteiger charge is 2.23. The van der Waals surface area contributed by atoms with Crippen molar-refractivity contribution >= 4 is 11.9 Å². The molecule has 0 bridgehead atoms. The van der Waals surface area contributed by atoms with Gasteiger partial charge in [0.1, 0.15) is 5.69 Å². The van der Waals surface area contributed by atoms with Crippen LogP contribution in [-0.2, 0) is 9.47 Å². The van der Waals surface area contributed by atoms with Gasteiger partial charge in [-0.15, -0.1) is 0 Å². The molecule has 0 saturated heterocycles. The van der Waals surface area contributed by atoms with Gasteiger partial charge in [-0.2, -0.15) is 0 Å². The number of aryl methyl sites for hydroxylation is 1. The van der Waals surface area contributed by atoms with E-state index in [4.69, 9.17) is 9.47 Å². The Morgan fingerprint density at radius 3 is 2.48 bits per heavy atom. The second-order valence-corrected chi connectivity index (χ2v) is 4.88. The zero-order chi connectivity index (χ0) is 16.0. The van der Waals surface area contributed by atoms with Gasteiger partial charge < -0.3 is 19.8 Å². The van der Waals surface area contributed by atoms with Gasteiger partial charge in [-0.05, 0) is 32.8 Å². The molecule has 1 aromatic heterocycles. The Labute approximate surface area is 125 Å². The summed E-state index contributed by atoms with van der Waals surface area (Å²) < 4.78 is 10.1. The summed E-state index contributed by atoms with van der Waals surface area (Å²) in [5.74, 6) is -0.651. The number of aromatic nitrogens is 1. The molecule has 2 N–H and O–H groups in total. The number of hydrogen-bond acceptors (Lipinski definition) is 4. The fourth-order valence-electron chi connectivity index (χ4n) is 2.21. The van der Waals surface area contributed by atoms with Crippen LogP contribution in [0.2, 0.25) is 0 Å². The van der Waals surface area contributed by atoms with Crippen molar-refractivity contribution in [3.8, 4) is 0 Å². The summed E-state index contributed by atoms with van der Waals surface area (Å²) in [7, 11) is 1.59. The van der Waals surface area contributed by atoms with Crippen LogP contribution >= 0.6 is 0 Å². The highest BCUT2D eigenvalue weighted by atomic mass is 16.5. The largest absolute Gasteiger partial charge is 0.462 e. The number of carbonyl (C=O) groups is 2. The fraction of sp³-hybridized carbons (Fsp3) is 0.600. The van der Waals surface area contributed by atoms with Crippen LogP contribution in [0.3, 0.4) is 0 Å². The maximum absolute atomic E-state index is 12.3. The number of esters is 1. The lowest BCUT2D eigenvalue weighted by Gasteiger charge is -2.15. The van der Waals surface area contributed by atoms with Gasteiger partial charge in [0.25, 0.3) is 5.91 Å². The van der Waals surface area contributed by atoms with Crippen molar-refractivity contribution in [3.05, 3.63) is 22.5 Å². The first kappa shape index (κ1) is 17.2. The van der Waals surface area contributed by atoms with Crippen LogP contribution in [0.4, 0.5) is 0 Å². The van der Waals surface area contributed by atoms with Gasteiger partial charge in [-0.25, -0.2) is 4.79 Å². The summed E-state index contributed by atoms with van der Waals surface area (Å²) in [4.78, 5) is 27.2. The normalized spacial score (nSPS) is 12.0. The van der Waals surface area contributed by atoms with E-state index in [9.17, 15) is 9.59 Å². The minimum Gasteiger partial charge on any atom is -0.462 e. The van der Waals surface area contributed by atoms with Crippen molar-refractivity contribution in [3.63, 3.8) is 0 Å². The standard InChI is InChI=1S/C15H24N2O4/c1-6-11(8-20-5)17-14(18)13-9(3)12(10(4)16-13)15(19)21-7-2/h11,16H,6-8H2,1-5H3,(H,17,18)/t11-/m0/s1. The summed E-state index contributed by atoms with van der Waals surface area (Å²) in [5.41, 5.74) is 2.07. The molecule has 1 heterocycles. The van der Waals surface area contributed by atoms with Crippen molar-refractivity contribution in [2.75, 3.05) is 20.3 Å². The Hall–Kier alpha value is -1.82. The Bertz CT molecular complexity index is 508. The predicted octanol–water partition coefficient (Wildman–Crippen LogP) is 1.96. The molecule has 0 aliphatic carbocycles. The molecule has 118 valence electrons. The van der Waals surface area contributed by atoms with E-state index in [0.717, 1.165) is 6.42 Å². The van der Waals surface area contributed by atoms with E-state index >= 15 is 0 Å². The molecule has 0 fully saturated rings. The number of carbonyl (C=O) groups excluding carboxylic acids is 2. The van der Waals surface area contributed by atoms with Crippen molar-refractivity contribution in [1.29, 1.82) is 0 Å². The first-order chi connectivity index (χ1) is 9.96. The van der Waals surface area contributed by atoms with E-state index in [1.807, 2.05) is 6.92 Å². The van der Waals surface area contributed by atoms with Gasteiger partial charge in [0.2, 0.25) is 0 Å². The maximum atomic E-state index is 12.3. The number of aromatic amines is 1. The quantitative estimate of drug-likeness (QED) is 0.754. The first-order valence-electron chi connectivity index (χ1n) is 7.12. The van der Waals surface area contributed by atoms with E-state index < -0.39 is 5.97 Å². The number of amides is 1. The molecule has 0 radical (unpaired) electrons. The molecule has 21 heavy (non-hydrogen) atoms. The average molecular weight is 296 g/mol. The number of nitrogens with one attached hydrogen (secondary N) is 2. The van der Waals surface area contributed by atoms with Crippen molar-refractivity contribution in [1.82, 2.24) is 10.3 Å². The van der Waals surface area contributed by atoms with Gasteiger partial charge in [0, 0.05) is 12.8 Å². The number of hydrogen-bond donors (Lipinski definition) is 2. The average Bonchev–Trinajstić information content (AvgIpc) is 2.73. The summed E-state index contributed by atoms with van der Waals surface area (Å²) in [6.07, 6.45) is 0.767. The SMILES string of the molecule is CCOC(=O)c1c(C)[nH]c(C(=O)N[C@@H](CC)COC)c1C. The molecule has 0 saturated carbocycles. The predicted molar refractivity (Wildman–Crippen MR) is 79.6 cm³/mol. The molecular weight excluding hydrogens is 272 g/mol. The Morgan fingerprint density at radius 1 is 1.29 bits per heavy atom. The third-order valence-corrected chi connectivity index (χ3v) is 3.34. The van der Waals surface area contributed by atoms with Crippen LogP contribution in [0.5, 0.6) is 0 Å². The van der Waals surface area contributed by atoms with Crippen LogP contribution in [0, 0.1) is 13.8 Å². The van der Waals surface area contributed by atoms with Crippen LogP contribution in [0.1, 0.15) is 52.4 Å². The lowest BCUT2D eigenvalue weighted by Crippen LogP contribution is -2.38. The van der Waals surface area contributed by atoms with Crippen molar-refractivity contribution in [2.45, 2.75) is 40.2 Å². The molecular formula is C15H24N2O4. The van der Waals surface area contributed by atoms with Crippen molar-refractivity contribution in [2.24, 2.45) is 0 Å². The molecule has 6 heteroatoms. The Kier molecular flexibility index (Phi) is 6.42. The lowest BCUT2D eigenvalue weighted by atomic mass is 10.1. The van der Waals surface area contributed by atoms with Gasteiger partial charge in [0.15, 0.2) is 0 Å². The topological polar surface area (TPSA) is 80.4 Å². The zero-order valence-corrected chi connectivity index (χ0v) is 13.3. The minimum atomic E-state index is -0.410. The van der Waals surface area contributed by atoms with Crippen LogP contribution in [-0.4, -0.2) is 43.2 Å². The summed E-state index contributed by atoms with van der Waals surface area (Å²) in [6, 6.07) is -0.0588. The molecule has 1 atom stereocenters. The van der Waals surface area contributed by atoms with E-state index in [0.29, 0.717) is 35.7 Å². The number of methoxy groups -OCH3 is 1. The van der Waals surface area contributed by atoms with E-state index in [2.05, 4.69) is 10.3 Å². The van der Waals surface area contributed by atoms with Gasteiger partial charge >= 0.3 is 5.97 Å². The van der Waals surface area contributed by atoms with Crippen LogP contribution in [0.25, 0.3) is 0 Å². The van der Waals surface area contributed by atoms with E-state index in [-0.39, 0.29) is 11.9 Å². The van der Waals surface area contributed by atoms with Crippen LogP contribution < -0.4 is 5.32 Å². The Morgan fingerprint density at radius 2 is 1.95 bits per heavy atom. The van der Waals surface area contributed by atoms with Gasteiger partial charge in [0.05, 0.1) is 24.8 Å². The number of rotatable bonds is 7. The first-order valence-corrected chi connectivity index (χ1v) is 7.12. The summed E-state index contributed by atoms with van der Waals surface area (Å²) in [5, 5.41) is 2.89.